The summed E-state index contributed by atoms with van der Waals surface area (Å²) in [6, 6.07) is 9.65. The van der Waals surface area contributed by atoms with Crippen molar-refractivity contribution in [3.05, 3.63) is 53.4 Å². The molecule has 0 atom stereocenters. The highest BCUT2D eigenvalue weighted by Gasteiger charge is 2.15. The first-order valence-electron chi connectivity index (χ1n) is 6.50. The first-order valence-corrected chi connectivity index (χ1v) is 7.29. The molecule has 0 amide bonds. The second-order valence-corrected chi connectivity index (χ2v) is 5.41. The molecule has 22 heavy (non-hydrogen) atoms. The van der Waals surface area contributed by atoms with Crippen LogP contribution >= 0.6 is 15.9 Å². The van der Waals surface area contributed by atoms with E-state index in [1.807, 2.05) is 30.3 Å². The van der Waals surface area contributed by atoms with Crippen LogP contribution in [0.1, 0.15) is 0 Å². The largest absolute Gasteiger partial charge is 0.383 e. The van der Waals surface area contributed by atoms with Crippen LogP contribution in [0.5, 0.6) is 0 Å². The van der Waals surface area contributed by atoms with Crippen LogP contribution in [0.2, 0.25) is 0 Å². The van der Waals surface area contributed by atoms with Crippen LogP contribution in [0.3, 0.4) is 0 Å². The van der Waals surface area contributed by atoms with E-state index in [-0.39, 0.29) is 0 Å². The number of fused-ring (bicyclic) bond motifs is 1. The molecular formula is C14H10BrN7. The fraction of sp³-hybridized carbons (Fsp3) is 0. The van der Waals surface area contributed by atoms with Crippen molar-refractivity contribution >= 4 is 32.7 Å². The molecule has 4 rings (SSSR count). The number of hydrogen-bond donors (Lipinski definition) is 1. The molecule has 1 aromatic carbocycles. The maximum absolute atomic E-state index is 6.00. The Morgan fingerprint density at radius 1 is 1.05 bits per heavy atom. The van der Waals surface area contributed by atoms with Crippen LogP contribution < -0.4 is 5.73 Å². The molecule has 8 heteroatoms. The first kappa shape index (κ1) is 13.0. The quantitative estimate of drug-likeness (QED) is 0.596. The number of halogens is 1. The number of rotatable bonds is 2. The minimum absolute atomic E-state index is 0.329. The highest BCUT2D eigenvalue weighted by molar-refractivity contribution is 9.10. The van der Waals surface area contributed by atoms with E-state index in [0.29, 0.717) is 22.1 Å². The molecule has 0 fully saturated rings. The molecule has 2 N–H and O–H groups in total. The van der Waals surface area contributed by atoms with Crippen molar-refractivity contribution in [2.24, 2.45) is 0 Å². The van der Waals surface area contributed by atoms with Gasteiger partial charge in [-0.3, -0.25) is 0 Å². The summed E-state index contributed by atoms with van der Waals surface area (Å²) >= 11 is 3.41. The van der Waals surface area contributed by atoms with E-state index in [2.05, 4.69) is 36.1 Å². The monoisotopic (exact) mass is 355 g/mol. The lowest BCUT2D eigenvalue weighted by molar-refractivity contribution is 0.786. The Balaban J connectivity index is 1.96. The Hall–Kier alpha value is -2.74. The number of nitrogens with two attached hydrogens (primary N) is 1. The number of para-hydroxylation sites is 1. The van der Waals surface area contributed by atoms with Gasteiger partial charge in [-0.15, -0.1) is 0 Å². The first-order chi connectivity index (χ1) is 10.7. The molecule has 3 aromatic heterocycles. The van der Waals surface area contributed by atoms with E-state index in [4.69, 9.17) is 5.73 Å². The number of hydrogen-bond acceptors (Lipinski definition) is 5. The van der Waals surface area contributed by atoms with Gasteiger partial charge in [-0.05, 0) is 28.1 Å². The predicted octanol–water partition coefficient (Wildman–Crippen LogP) is 2.35. The second-order valence-electron chi connectivity index (χ2n) is 4.61. The van der Waals surface area contributed by atoms with Gasteiger partial charge in [0.1, 0.15) is 10.3 Å². The van der Waals surface area contributed by atoms with Crippen LogP contribution in [0.15, 0.2) is 53.4 Å². The molecule has 0 spiro atoms. The summed E-state index contributed by atoms with van der Waals surface area (Å²) in [5.74, 6) is 1.29. The molecule has 0 radical (unpaired) electrons. The topological polar surface area (TPSA) is 87.4 Å². The maximum Gasteiger partial charge on any atom is 0.255 e. The van der Waals surface area contributed by atoms with Crippen molar-refractivity contribution in [3.63, 3.8) is 0 Å². The predicted molar refractivity (Wildman–Crippen MR) is 85.9 cm³/mol. The third kappa shape index (κ3) is 1.96. The summed E-state index contributed by atoms with van der Waals surface area (Å²) in [5.41, 5.74) is 6.91. The Bertz CT molecular complexity index is 959. The van der Waals surface area contributed by atoms with Gasteiger partial charge in [0.05, 0.1) is 11.7 Å². The van der Waals surface area contributed by atoms with Gasteiger partial charge in [0.15, 0.2) is 5.82 Å². The third-order valence-corrected chi connectivity index (χ3v) is 4.00. The van der Waals surface area contributed by atoms with E-state index in [0.717, 1.165) is 10.9 Å². The summed E-state index contributed by atoms with van der Waals surface area (Å²) in [5, 5.41) is 9.54. The average Bonchev–Trinajstić information content (AvgIpc) is 3.19. The van der Waals surface area contributed by atoms with Gasteiger partial charge in [0, 0.05) is 17.8 Å². The molecular weight excluding hydrogens is 346 g/mol. The molecule has 4 aromatic rings. The SMILES string of the molecule is Nc1nc(-n2ncc3ccccc32)nc(-n2cccn2)c1Br. The lowest BCUT2D eigenvalue weighted by Gasteiger charge is -2.09. The van der Waals surface area contributed by atoms with Crippen molar-refractivity contribution in [1.29, 1.82) is 0 Å². The van der Waals surface area contributed by atoms with Crippen molar-refractivity contribution in [3.8, 4) is 11.8 Å². The Labute approximate surface area is 133 Å². The number of aromatic nitrogens is 6. The second kappa shape index (κ2) is 4.92. The van der Waals surface area contributed by atoms with E-state index < -0.39 is 0 Å². The van der Waals surface area contributed by atoms with Gasteiger partial charge in [-0.25, -0.2) is 4.68 Å². The zero-order valence-electron chi connectivity index (χ0n) is 11.3. The normalized spacial score (nSPS) is 11.1. The molecule has 0 aliphatic heterocycles. The van der Waals surface area contributed by atoms with Crippen LogP contribution in [-0.2, 0) is 0 Å². The van der Waals surface area contributed by atoms with E-state index >= 15 is 0 Å². The van der Waals surface area contributed by atoms with Crippen molar-refractivity contribution in [2.45, 2.75) is 0 Å². The third-order valence-electron chi connectivity index (χ3n) is 3.24. The van der Waals surface area contributed by atoms with Crippen molar-refractivity contribution in [1.82, 2.24) is 29.5 Å². The van der Waals surface area contributed by atoms with Gasteiger partial charge in [0.2, 0.25) is 0 Å². The summed E-state index contributed by atoms with van der Waals surface area (Å²) in [6.07, 6.45) is 5.23. The molecule has 0 aliphatic carbocycles. The van der Waals surface area contributed by atoms with E-state index in [9.17, 15) is 0 Å². The molecule has 0 saturated heterocycles. The number of benzene rings is 1. The lowest BCUT2D eigenvalue weighted by atomic mass is 10.3. The lowest BCUT2D eigenvalue weighted by Crippen LogP contribution is -2.10. The van der Waals surface area contributed by atoms with Crippen LogP contribution in [-0.4, -0.2) is 29.5 Å². The van der Waals surface area contributed by atoms with Crippen molar-refractivity contribution < 1.29 is 0 Å². The number of anilines is 1. The highest BCUT2D eigenvalue weighted by atomic mass is 79.9. The number of nitrogen functional groups attached to an aromatic ring is 1. The summed E-state index contributed by atoms with van der Waals surface area (Å²) in [4.78, 5) is 8.85. The van der Waals surface area contributed by atoms with Crippen LogP contribution in [0, 0.1) is 0 Å². The Kier molecular flexibility index (Phi) is 2.90. The minimum Gasteiger partial charge on any atom is -0.383 e. The standard InChI is InChI=1S/C14H10BrN7/c15-11-12(16)19-14(20-13(11)21-7-3-6-17-21)22-10-5-2-1-4-9(10)8-18-22/h1-8H,(H2,16,19,20). The molecule has 0 unspecified atom stereocenters. The summed E-state index contributed by atoms with van der Waals surface area (Å²) in [7, 11) is 0. The Morgan fingerprint density at radius 2 is 1.91 bits per heavy atom. The van der Waals surface area contributed by atoms with Gasteiger partial charge < -0.3 is 5.73 Å². The summed E-state index contributed by atoms with van der Waals surface area (Å²) < 4.78 is 3.87. The molecule has 3 heterocycles. The zero-order valence-corrected chi connectivity index (χ0v) is 12.8. The molecule has 7 nitrogen and oxygen atoms in total. The van der Waals surface area contributed by atoms with Crippen molar-refractivity contribution in [2.75, 3.05) is 5.73 Å². The highest BCUT2D eigenvalue weighted by Crippen LogP contribution is 2.25. The minimum atomic E-state index is 0.329. The van der Waals surface area contributed by atoms with Gasteiger partial charge in [-0.1, -0.05) is 18.2 Å². The van der Waals surface area contributed by atoms with Gasteiger partial charge in [-0.2, -0.15) is 24.8 Å². The van der Waals surface area contributed by atoms with Gasteiger partial charge >= 0.3 is 0 Å². The van der Waals surface area contributed by atoms with Gasteiger partial charge in [0.25, 0.3) is 5.95 Å². The van der Waals surface area contributed by atoms with Crippen LogP contribution in [0.4, 0.5) is 5.82 Å². The number of nitrogens with zero attached hydrogens (tertiary/aromatic N) is 6. The summed E-state index contributed by atoms with van der Waals surface area (Å²) in [6.45, 7) is 0. The van der Waals surface area contributed by atoms with E-state index in [1.54, 1.807) is 28.0 Å². The molecule has 0 bridgehead atoms. The fourth-order valence-electron chi connectivity index (χ4n) is 2.21. The zero-order chi connectivity index (χ0) is 15.1. The van der Waals surface area contributed by atoms with E-state index in [1.165, 1.54) is 0 Å². The molecule has 0 aliphatic rings. The fourth-order valence-corrected chi connectivity index (χ4v) is 2.57. The molecule has 0 saturated carbocycles. The smallest absolute Gasteiger partial charge is 0.255 e. The molecule has 108 valence electrons. The van der Waals surface area contributed by atoms with Crippen LogP contribution in [0.25, 0.3) is 22.7 Å². The average molecular weight is 356 g/mol. The Morgan fingerprint density at radius 3 is 2.73 bits per heavy atom. The maximum atomic E-state index is 6.00.